The zero-order chi connectivity index (χ0) is 22.8. The summed E-state index contributed by atoms with van der Waals surface area (Å²) >= 11 is 0. The van der Waals surface area contributed by atoms with Crippen LogP contribution in [0.15, 0.2) is 78.9 Å². The van der Waals surface area contributed by atoms with Gasteiger partial charge in [-0.25, -0.2) is 0 Å². The summed E-state index contributed by atoms with van der Waals surface area (Å²) in [5.74, 6) is 1.79. The number of hydrogen-bond donors (Lipinski definition) is 3. The van der Waals surface area contributed by atoms with Crippen molar-refractivity contribution in [3.63, 3.8) is 0 Å². The van der Waals surface area contributed by atoms with E-state index in [4.69, 9.17) is 9.47 Å². The molecular formula is C28H24O5. The van der Waals surface area contributed by atoms with Gasteiger partial charge in [0.25, 0.3) is 0 Å². The molecule has 3 N–H and O–H groups in total. The average Bonchev–Trinajstić information content (AvgIpc) is 2.81. The number of fused-ring (bicyclic) bond motifs is 4. The van der Waals surface area contributed by atoms with Crippen LogP contribution in [0.2, 0.25) is 0 Å². The highest BCUT2D eigenvalue weighted by molar-refractivity contribution is 5.50. The number of benzene rings is 4. The third-order valence-corrected chi connectivity index (χ3v) is 5.82. The predicted octanol–water partition coefficient (Wildman–Crippen LogP) is 6.27. The molecule has 0 fully saturated rings. The standard InChI is InChI=1S/C28H24O5/c29-23-11-8-20-7-5-19-10-13-26(25(31)15-19)33-28-17-21(9-12-24(28)30)6-4-18-2-1-3-22(14-18)32-27(23)16-20/h1-3,8-17,29-31H,4-7H2. The Hall–Kier alpha value is -4.12. The SMILES string of the molecule is Oc1ccc2cc1Oc1cccc(c1)CCc1ccc(O)c(c1)Oc1ccc(cc1O)CC2. The molecule has 0 atom stereocenters. The van der Waals surface area contributed by atoms with Crippen LogP contribution in [-0.2, 0) is 25.7 Å². The molecule has 2 aliphatic heterocycles. The molecule has 8 bridgehead atoms. The second-order valence-corrected chi connectivity index (χ2v) is 8.26. The van der Waals surface area contributed by atoms with Crippen LogP contribution < -0.4 is 9.47 Å². The summed E-state index contributed by atoms with van der Waals surface area (Å²) in [5, 5.41) is 31.1. The van der Waals surface area contributed by atoms with Crippen LogP contribution in [-0.4, -0.2) is 15.3 Å². The maximum absolute atomic E-state index is 10.5. The predicted molar refractivity (Wildman–Crippen MR) is 126 cm³/mol. The molecule has 166 valence electrons. The van der Waals surface area contributed by atoms with Gasteiger partial charge >= 0.3 is 0 Å². The Balaban J connectivity index is 1.54. The molecule has 0 amide bonds. The molecule has 33 heavy (non-hydrogen) atoms. The number of phenols is 3. The number of aromatic hydroxyl groups is 3. The van der Waals surface area contributed by atoms with Gasteiger partial charge in [0, 0.05) is 0 Å². The fraction of sp³-hybridized carbons (Fsp3) is 0.143. The molecular weight excluding hydrogens is 416 g/mol. The van der Waals surface area contributed by atoms with Crippen LogP contribution in [0.25, 0.3) is 0 Å². The minimum absolute atomic E-state index is 0.0148. The molecule has 0 aliphatic carbocycles. The van der Waals surface area contributed by atoms with Gasteiger partial charge in [-0.3, -0.25) is 0 Å². The van der Waals surface area contributed by atoms with E-state index in [2.05, 4.69) is 0 Å². The molecule has 0 saturated heterocycles. The van der Waals surface area contributed by atoms with Gasteiger partial charge in [-0.1, -0.05) is 30.3 Å². The van der Waals surface area contributed by atoms with E-state index in [1.807, 2.05) is 48.5 Å². The number of rotatable bonds is 0. The first-order valence-corrected chi connectivity index (χ1v) is 10.9. The van der Waals surface area contributed by atoms with E-state index in [1.54, 1.807) is 30.3 Å². The zero-order valence-corrected chi connectivity index (χ0v) is 18.0. The largest absolute Gasteiger partial charge is 0.504 e. The average molecular weight is 440 g/mol. The summed E-state index contributed by atoms with van der Waals surface area (Å²) in [6.07, 6.45) is 2.88. The van der Waals surface area contributed by atoms with Crippen molar-refractivity contribution in [2.24, 2.45) is 0 Å². The maximum Gasteiger partial charge on any atom is 0.169 e. The van der Waals surface area contributed by atoms with Gasteiger partial charge in [0.05, 0.1) is 0 Å². The Morgan fingerprint density at radius 1 is 0.455 bits per heavy atom. The Labute approximate surface area is 192 Å². The van der Waals surface area contributed by atoms with Gasteiger partial charge in [0.2, 0.25) is 0 Å². The highest BCUT2D eigenvalue weighted by atomic mass is 16.5. The first-order valence-electron chi connectivity index (χ1n) is 10.9. The lowest BCUT2D eigenvalue weighted by molar-refractivity contribution is 0.384. The van der Waals surface area contributed by atoms with E-state index in [0.29, 0.717) is 30.1 Å². The van der Waals surface area contributed by atoms with Crippen molar-refractivity contribution in [2.75, 3.05) is 0 Å². The van der Waals surface area contributed by atoms with Crippen LogP contribution >= 0.6 is 0 Å². The summed E-state index contributed by atoms with van der Waals surface area (Å²) in [4.78, 5) is 0. The summed E-state index contributed by atoms with van der Waals surface area (Å²) < 4.78 is 11.9. The fourth-order valence-corrected chi connectivity index (χ4v) is 3.98. The van der Waals surface area contributed by atoms with Crippen molar-refractivity contribution in [1.29, 1.82) is 0 Å². The Morgan fingerprint density at radius 2 is 1.00 bits per heavy atom. The van der Waals surface area contributed by atoms with Crippen molar-refractivity contribution in [2.45, 2.75) is 25.7 Å². The van der Waals surface area contributed by atoms with Crippen molar-refractivity contribution in [1.82, 2.24) is 0 Å². The molecule has 5 nitrogen and oxygen atoms in total. The van der Waals surface area contributed by atoms with E-state index in [0.717, 1.165) is 35.1 Å². The highest BCUT2D eigenvalue weighted by Crippen LogP contribution is 2.37. The molecule has 0 unspecified atom stereocenters. The summed E-state index contributed by atoms with van der Waals surface area (Å²) in [6.45, 7) is 0. The van der Waals surface area contributed by atoms with Crippen LogP contribution in [0.3, 0.4) is 0 Å². The topological polar surface area (TPSA) is 79.2 Å². The maximum atomic E-state index is 10.5. The van der Waals surface area contributed by atoms with E-state index < -0.39 is 0 Å². The van der Waals surface area contributed by atoms with Crippen LogP contribution in [0, 0.1) is 0 Å². The number of phenolic OH excluding ortho intramolecular Hbond substituents is 3. The van der Waals surface area contributed by atoms with Crippen molar-refractivity contribution < 1.29 is 24.8 Å². The Kier molecular flexibility index (Phi) is 5.53. The van der Waals surface area contributed by atoms with Gasteiger partial charge in [0.1, 0.15) is 5.75 Å². The quantitative estimate of drug-likeness (QED) is 0.300. The van der Waals surface area contributed by atoms with E-state index in [9.17, 15) is 15.3 Å². The summed E-state index contributed by atoms with van der Waals surface area (Å²) in [7, 11) is 0. The minimum Gasteiger partial charge on any atom is -0.504 e. The minimum atomic E-state index is 0.0148. The second-order valence-electron chi connectivity index (χ2n) is 8.26. The molecule has 6 rings (SSSR count). The lowest BCUT2D eigenvalue weighted by atomic mass is 10.0. The van der Waals surface area contributed by atoms with Gasteiger partial charge in [-0.15, -0.1) is 0 Å². The smallest absolute Gasteiger partial charge is 0.169 e. The normalized spacial score (nSPS) is 13.2. The third kappa shape index (κ3) is 4.72. The van der Waals surface area contributed by atoms with Gasteiger partial charge < -0.3 is 24.8 Å². The van der Waals surface area contributed by atoms with Crippen molar-refractivity contribution in [3.05, 3.63) is 101 Å². The Morgan fingerprint density at radius 3 is 1.64 bits per heavy atom. The van der Waals surface area contributed by atoms with Crippen LogP contribution in [0.1, 0.15) is 22.3 Å². The molecule has 2 heterocycles. The molecule has 0 radical (unpaired) electrons. The lowest BCUT2D eigenvalue weighted by Crippen LogP contribution is -1.94. The molecule has 5 heteroatoms. The lowest BCUT2D eigenvalue weighted by Gasteiger charge is -2.12. The number of aryl methyl sites for hydroxylation is 4. The molecule has 0 spiro atoms. The molecule has 0 saturated carbocycles. The summed E-state index contributed by atoms with van der Waals surface area (Å²) in [6, 6.07) is 23.7. The van der Waals surface area contributed by atoms with E-state index >= 15 is 0 Å². The monoisotopic (exact) mass is 440 g/mol. The second kappa shape index (κ2) is 8.79. The van der Waals surface area contributed by atoms with Gasteiger partial charge in [-0.2, -0.15) is 0 Å². The highest BCUT2D eigenvalue weighted by Gasteiger charge is 2.12. The van der Waals surface area contributed by atoms with Crippen LogP contribution in [0.5, 0.6) is 40.2 Å². The molecule has 4 aromatic rings. The first kappa shape index (κ1) is 20.8. The number of hydrogen-bond acceptors (Lipinski definition) is 5. The molecule has 4 aromatic carbocycles. The fourth-order valence-electron chi connectivity index (χ4n) is 3.98. The van der Waals surface area contributed by atoms with E-state index in [1.165, 1.54) is 0 Å². The summed E-state index contributed by atoms with van der Waals surface area (Å²) in [5.41, 5.74) is 4.04. The number of ether oxygens (including phenoxy) is 2. The third-order valence-electron chi connectivity index (χ3n) is 5.82. The van der Waals surface area contributed by atoms with Crippen molar-refractivity contribution >= 4 is 0 Å². The van der Waals surface area contributed by atoms with Crippen LogP contribution in [0.4, 0.5) is 0 Å². The van der Waals surface area contributed by atoms with Gasteiger partial charge in [0.15, 0.2) is 34.5 Å². The van der Waals surface area contributed by atoms with Crippen molar-refractivity contribution in [3.8, 4) is 40.2 Å². The molecule has 2 aliphatic rings. The van der Waals surface area contributed by atoms with E-state index in [-0.39, 0.29) is 23.0 Å². The first-order chi connectivity index (χ1) is 16.0. The zero-order valence-electron chi connectivity index (χ0n) is 18.0. The van der Waals surface area contributed by atoms with Gasteiger partial charge in [-0.05, 0) is 96.5 Å². The molecule has 0 aromatic heterocycles. The Bertz CT molecular complexity index is 1310.